The molecule has 0 aliphatic rings. The summed E-state index contributed by atoms with van der Waals surface area (Å²) in [5.41, 5.74) is 3.73. The summed E-state index contributed by atoms with van der Waals surface area (Å²) in [6.07, 6.45) is 2.23. The van der Waals surface area contributed by atoms with Crippen LogP contribution in [0.15, 0.2) is 28.1 Å². The number of nitrogens with zero attached hydrogens (tertiary/aromatic N) is 1. The van der Waals surface area contributed by atoms with Gasteiger partial charge in [-0.15, -0.1) is 11.3 Å². The molecular weight excluding hydrogens is 282 g/mol. The second-order valence-electron chi connectivity index (χ2n) is 3.85. The van der Waals surface area contributed by atoms with Gasteiger partial charge in [0, 0.05) is 15.4 Å². The average molecular weight is 296 g/mol. The Kier molecular flexibility index (Phi) is 3.77. The Balaban J connectivity index is 2.35. The zero-order chi connectivity index (χ0) is 11.5. The van der Waals surface area contributed by atoms with Crippen molar-refractivity contribution in [1.29, 1.82) is 0 Å². The summed E-state index contributed by atoms with van der Waals surface area (Å²) in [5.74, 6) is 0. The quantitative estimate of drug-likeness (QED) is 0.790. The first-order valence-electron chi connectivity index (χ1n) is 5.41. The Morgan fingerprint density at radius 1 is 1.38 bits per heavy atom. The van der Waals surface area contributed by atoms with Crippen molar-refractivity contribution in [3.8, 4) is 10.6 Å². The molecule has 2 rings (SSSR count). The molecule has 84 valence electrons. The number of hydrogen-bond donors (Lipinski definition) is 0. The van der Waals surface area contributed by atoms with Crippen LogP contribution in [0.2, 0.25) is 0 Å². The lowest BCUT2D eigenvalue weighted by Gasteiger charge is -2.02. The van der Waals surface area contributed by atoms with E-state index in [1.807, 2.05) is 0 Å². The van der Waals surface area contributed by atoms with Crippen LogP contribution < -0.4 is 0 Å². The monoisotopic (exact) mass is 295 g/mol. The molecule has 1 nitrogen and oxygen atoms in total. The van der Waals surface area contributed by atoms with Crippen LogP contribution in [0.25, 0.3) is 10.6 Å². The third kappa shape index (κ3) is 2.53. The molecule has 3 heteroatoms. The van der Waals surface area contributed by atoms with Gasteiger partial charge in [-0.2, -0.15) is 0 Å². The van der Waals surface area contributed by atoms with Crippen molar-refractivity contribution in [1.82, 2.24) is 4.98 Å². The first-order chi connectivity index (χ1) is 7.70. The summed E-state index contributed by atoms with van der Waals surface area (Å²) >= 11 is 5.22. The summed E-state index contributed by atoms with van der Waals surface area (Å²) in [7, 11) is 0. The number of benzene rings is 1. The second-order valence-corrected chi connectivity index (χ2v) is 5.63. The van der Waals surface area contributed by atoms with Crippen LogP contribution in [0.5, 0.6) is 0 Å². The smallest absolute Gasteiger partial charge is 0.123 e. The summed E-state index contributed by atoms with van der Waals surface area (Å²) < 4.78 is 1.12. The third-order valence-electron chi connectivity index (χ3n) is 2.48. The van der Waals surface area contributed by atoms with Crippen molar-refractivity contribution in [2.45, 2.75) is 26.7 Å². The van der Waals surface area contributed by atoms with Crippen LogP contribution in [0.3, 0.4) is 0 Å². The molecule has 2 aromatic rings. The summed E-state index contributed by atoms with van der Waals surface area (Å²) in [6.45, 7) is 4.31. The van der Waals surface area contributed by atoms with E-state index in [1.54, 1.807) is 11.3 Å². The molecule has 1 heterocycles. The highest BCUT2D eigenvalue weighted by molar-refractivity contribution is 9.10. The predicted octanol–water partition coefficient (Wildman–Crippen LogP) is 4.83. The minimum atomic E-state index is 1.08. The van der Waals surface area contributed by atoms with E-state index in [-0.39, 0.29) is 0 Å². The van der Waals surface area contributed by atoms with Gasteiger partial charge >= 0.3 is 0 Å². The fourth-order valence-electron chi connectivity index (χ4n) is 1.67. The highest BCUT2D eigenvalue weighted by atomic mass is 79.9. The zero-order valence-electron chi connectivity index (χ0n) is 9.46. The molecule has 0 aliphatic heterocycles. The van der Waals surface area contributed by atoms with Gasteiger partial charge in [-0.25, -0.2) is 4.98 Å². The average Bonchev–Trinajstić information content (AvgIpc) is 2.67. The minimum absolute atomic E-state index is 1.08. The molecule has 0 aliphatic carbocycles. The Hall–Kier alpha value is -0.670. The van der Waals surface area contributed by atoms with Gasteiger partial charge in [-0.3, -0.25) is 0 Å². The molecule has 0 radical (unpaired) electrons. The molecule has 0 saturated heterocycles. The van der Waals surface area contributed by atoms with Crippen LogP contribution in [-0.2, 0) is 6.42 Å². The zero-order valence-corrected chi connectivity index (χ0v) is 11.9. The van der Waals surface area contributed by atoms with Gasteiger partial charge in [0.25, 0.3) is 0 Å². The van der Waals surface area contributed by atoms with E-state index in [0.29, 0.717) is 0 Å². The van der Waals surface area contributed by atoms with Crippen LogP contribution in [0.4, 0.5) is 0 Å². The maximum absolute atomic E-state index is 4.66. The van der Waals surface area contributed by atoms with Crippen LogP contribution in [-0.4, -0.2) is 4.98 Å². The summed E-state index contributed by atoms with van der Waals surface area (Å²) in [6, 6.07) is 6.34. The first kappa shape index (κ1) is 11.8. The molecule has 0 amide bonds. The van der Waals surface area contributed by atoms with Crippen molar-refractivity contribution in [3.63, 3.8) is 0 Å². The molecule has 16 heavy (non-hydrogen) atoms. The molecule has 0 fully saturated rings. The lowest BCUT2D eigenvalue weighted by molar-refractivity contribution is 0.893. The van der Waals surface area contributed by atoms with Crippen molar-refractivity contribution < 1.29 is 0 Å². The van der Waals surface area contributed by atoms with Gasteiger partial charge < -0.3 is 0 Å². The van der Waals surface area contributed by atoms with E-state index in [4.69, 9.17) is 0 Å². The number of hydrogen-bond acceptors (Lipinski definition) is 2. The number of halogens is 1. The second kappa shape index (κ2) is 5.11. The van der Waals surface area contributed by atoms with E-state index >= 15 is 0 Å². The fraction of sp³-hybridized carbons (Fsp3) is 0.308. The number of thiazole rings is 1. The van der Waals surface area contributed by atoms with Gasteiger partial charge in [-0.05, 0) is 31.0 Å². The van der Waals surface area contributed by atoms with Crippen molar-refractivity contribution >= 4 is 27.3 Å². The summed E-state index contributed by atoms with van der Waals surface area (Å²) in [5, 5.41) is 3.30. The maximum atomic E-state index is 4.66. The van der Waals surface area contributed by atoms with E-state index in [2.05, 4.69) is 58.3 Å². The van der Waals surface area contributed by atoms with E-state index < -0.39 is 0 Å². The highest BCUT2D eigenvalue weighted by Gasteiger charge is 2.07. The molecule has 1 aromatic heterocycles. The molecule has 0 atom stereocenters. The van der Waals surface area contributed by atoms with E-state index in [0.717, 1.165) is 22.3 Å². The van der Waals surface area contributed by atoms with Gasteiger partial charge in [0.2, 0.25) is 0 Å². The standard InChI is InChI=1S/C13H14BrNS/c1-3-4-11-8-16-13(15-11)12-6-5-10(14)7-9(12)2/h5-8H,3-4H2,1-2H3. The van der Waals surface area contributed by atoms with E-state index in [9.17, 15) is 0 Å². The first-order valence-corrected chi connectivity index (χ1v) is 7.09. The number of rotatable bonds is 3. The predicted molar refractivity (Wildman–Crippen MR) is 74.0 cm³/mol. The molecule has 0 unspecified atom stereocenters. The largest absolute Gasteiger partial charge is 0.241 e. The fourth-order valence-corrected chi connectivity index (χ4v) is 3.09. The lowest BCUT2D eigenvalue weighted by atomic mass is 10.1. The van der Waals surface area contributed by atoms with Gasteiger partial charge in [0.1, 0.15) is 5.01 Å². The SMILES string of the molecule is CCCc1csc(-c2ccc(Br)cc2C)n1. The Bertz CT molecular complexity index is 490. The third-order valence-corrected chi connectivity index (χ3v) is 3.89. The lowest BCUT2D eigenvalue weighted by Crippen LogP contribution is -1.85. The maximum Gasteiger partial charge on any atom is 0.123 e. The molecule has 0 saturated carbocycles. The van der Waals surface area contributed by atoms with Crippen LogP contribution in [0.1, 0.15) is 24.6 Å². The van der Waals surface area contributed by atoms with Gasteiger partial charge in [-0.1, -0.05) is 35.3 Å². The molecule has 1 aromatic carbocycles. The van der Waals surface area contributed by atoms with Gasteiger partial charge in [0.05, 0.1) is 5.69 Å². The summed E-state index contributed by atoms with van der Waals surface area (Å²) in [4.78, 5) is 4.66. The van der Waals surface area contributed by atoms with Gasteiger partial charge in [0.15, 0.2) is 0 Å². The number of aryl methyl sites for hydroxylation is 2. The topological polar surface area (TPSA) is 12.9 Å². The van der Waals surface area contributed by atoms with Crippen LogP contribution >= 0.6 is 27.3 Å². The minimum Gasteiger partial charge on any atom is -0.241 e. The van der Waals surface area contributed by atoms with Crippen molar-refractivity contribution in [2.24, 2.45) is 0 Å². The number of aromatic nitrogens is 1. The van der Waals surface area contributed by atoms with Crippen molar-refractivity contribution in [3.05, 3.63) is 39.3 Å². The van der Waals surface area contributed by atoms with Crippen molar-refractivity contribution in [2.75, 3.05) is 0 Å². The highest BCUT2D eigenvalue weighted by Crippen LogP contribution is 2.29. The molecular formula is C13H14BrNS. The molecule has 0 N–H and O–H groups in total. The normalized spacial score (nSPS) is 10.7. The Morgan fingerprint density at radius 2 is 2.19 bits per heavy atom. The Morgan fingerprint density at radius 3 is 2.88 bits per heavy atom. The van der Waals surface area contributed by atoms with Crippen LogP contribution in [0, 0.1) is 6.92 Å². The van der Waals surface area contributed by atoms with E-state index in [1.165, 1.54) is 16.8 Å². The Labute approximate surface area is 109 Å². The molecule has 0 bridgehead atoms. The molecule has 0 spiro atoms.